The second kappa shape index (κ2) is 12.6. The Morgan fingerprint density at radius 1 is 0.346 bits per heavy atom. The molecule has 2 heterocycles. The molecule has 0 amide bonds. The van der Waals surface area contributed by atoms with E-state index in [0.717, 1.165) is 50.4 Å². The number of hydrogen-bond acceptors (Lipinski definition) is 4. The third-order valence-corrected chi connectivity index (χ3v) is 11.0. The highest BCUT2D eigenvalue weighted by Gasteiger charge is 2.20. The first kappa shape index (κ1) is 30.2. The molecule has 4 heteroatoms. The number of anilines is 6. The van der Waals surface area contributed by atoms with Crippen LogP contribution in [-0.4, -0.2) is 0 Å². The molecule has 0 atom stereocenters. The van der Waals surface area contributed by atoms with E-state index in [1.165, 1.54) is 37.0 Å². The average molecular weight is 685 g/mol. The lowest BCUT2D eigenvalue weighted by Gasteiger charge is -2.27. The van der Waals surface area contributed by atoms with Crippen molar-refractivity contribution in [3.05, 3.63) is 194 Å². The van der Waals surface area contributed by atoms with Crippen LogP contribution in [0.2, 0.25) is 0 Å². The van der Waals surface area contributed by atoms with Crippen LogP contribution < -0.4 is 9.80 Å². The van der Waals surface area contributed by atoms with Crippen molar-refractivity contribution in [1.82, 2.24) is 0 Å². The van der Waals surface area contributed by atoms with Crippen molar-refractivity contribution in [1.29, 1.82) is 0 Å². The maximum atomic E-state index is 6.23. The number of thiophene rings is 1. The zero-order valence-corrected chi connectivity index (χ0v) is 29.0. The number of benzene rings is 8. The van der Waals surface area contributed by atoms with Gasteiger partial charge in [-0.2, -0.15) is 0 Å². The largest absolute Gasteiger partial charge is 0.456 e. The molecule has 0 fully saturated rings. The van der Waals surface area contributed by atoms with Crippen LogP contribution in [0.15, 0.2) is 199 Å². The lowest BCUT2D eigenvalue weighted by atomic mass is 10.0. The topological polar surface area (TPSA) is 19.6 Å². The quantitative estimate of drug-likeness (QED) is 0.167. The molecule has 2 aromatic heterocycles. The van der Waals surface area contributed by atoms with Gasteiger partial charge in [0.2, 0.25) is 0 Å². The van der Waals surface area contributed by atoms with Gasteiger partial charge in [0.15, 0.2) is 0 Å². The van der Waals surface area contributed by atoms with Gasteiger partial charge in [-0.05, 0) is 96.1 Å². The standard InChI is InChI=1S/C48H32N2OS/c1-4-13-33(14-5-1)34-23-25-37(26-24-34)49(38-28-30-45-42(31-38)40-19-10-11-21-44(40)51-45)39-27-29-41-47(32-39)52-46-22-12-20-43(48(41)46)50(35-15-6-2-7-16-35)36-17-8-3-9-18-36/h1-32H. The normalized spacial score (nSPS) is 11.5. The second-order valence-corrected chi connectivity index (χ2v) is 14.1. The number of nitrogens with zero attached hydrogens (tertiary/aromatic N) is 2. The summed E-state index contributed by atoms with van der Waals surface area (Å²) in [5, 5.41) is 4.72. The third-order valence-electron chi connectivity index (χ3n) is 9.84. The average Bonchev–Trinajstić information content (AvgIpc) is 3.78. The minimum atomic E-state index is 0.887. The summed E-state index contributed by atoms with van der Waals surface area (Å²) in [7, 11) is 0. The molecule has 0 spiro atoms. The SMILES string of the molecule is c1ccc(-c2ccc(N(c3ccc4c(c3)sc3cccc(N(c5ccccc5)c5ccccc5)c34)c3ccc4oc5ccccc5c4c3)cc2)cc1. The van der Waals surface area contributed by atoms with Crippen LogP contribution in [0.3, 0.4) is 0 Å². The van der Waals surface area contributed by atoms with E-state index in [-0.39, 0.29) is 0 Å². The Kier molecular flexibility index (Phi) is 7.33. The molecule has 3 nitrogen and oxygen atoms in total. The predicted molar refractivity (Wildman–Crippen MR) is 221 cm³/mol. The molecule has 0 unspecified atom stereocenters. The van der Waals surface area contributed by atoms with Crippen LogP contribution in [0, 0.1) is 0 Å². The van der Waals surface area contributed by atoms with Gasteiger partial charge in [0.05, 0.1) is 5.69 Å². The van der Waals surface area contributed by atoms with Crippen LogP contribution in [0.4, 0.5) is 34.1 Å². The van der Waals surface area contributed by atoms with Crippen molar-refractivity contribution in [3.63, 3.8) is 0 Å². The lowest BCUT2D eigenvalue weighted by Crippen LogP contribution is -2.10. The smallest absolute Gasteiger partial charge is 0.135 e. The van der Waals surface area contributed by atoms with E-state index in [1.807, 2.05) is 23.5 Å². The maximum absolute atomic E-state index is 6.23. The van der Waals surface area contributed by atoms with Gasteiger partial charge in [-0.25, -0.2) is 0 Å². The highest BCUT2D eigenvalue weighted by atomic mass is 32.1. The fourth-order valence-electron chi connectivity index (χ4n) is 7.44. The Hall–Kier alpha value is -6.62. The fraction of sp³-hybridized carbons (Fsp3) is 0. The van der Waals surface area contributed by atoms with Crippen molar-refractivity contribution in [2.24, 2.45) is 0 Å². The van der Waals surface area contributed by atoms with Gasteiger partial charge in [0, 0.05) is 59.4 Å². The summed E-state index contributed by atoms with van der Waals surface area (Å²) in [5.41, 5.74) is 10.9. The summed E-state index contributed by atoms with van der Waals surface area (Å²) in [6, 6.07) is 69.1. The number of rotatable bonds is 7. The molecule has 52 heavy (non-hydrogen) atoms. The first-order chi connectivity index (χ1) is 25.8. The fourth-order valence-corrected chi connectivity index (χ4v) is 8.60. The van der Waals surface area contributed by atoms with Crippen molar-refractivity contribution in [3.8, 4) is 11.1 Å². The summed E-state index contributed by atoms with van der Waals surface area (Å²) in [6.45, 7) is 0. The molecule has 0 saturated heterocycles. The minimum absolute atomic E-state index is 0.887. The Labute approximate surface area is 305 Å². The molecular formula is C48H32N2OS. The number of hydrogen-bond donors (Lipinski definition) is 0. The van der Waals surface area contributed by atoms with Gasteiger partial charge in [-0.15, -0.1) is 11.3 Å². The van der Waals surface area contributed by atoms with Gasteiger partial charge in [0.25, 0.3) is 0 Å². The van der Waals surface area contributed by atoms with Gasteiger partial charge >= 0.3 is 0 Å². The molecule has 0 bridgehead atoms. The number of para-hydroxylation sites is 3. The molecule has 0 aliphatic carbocycles. The monoisotopic (exact) mass is 684 g/mol. The Bertz CT molecular complexity index is 2800. The molecule has 246 valence electrons. The zero-order valence-electron chi connectivity index (χ0n) is 28.2. The molecule has 0 aliphatic rings. The van der Waals surface area contributed by atoms with E-state index in [2.05, 4.69) is 192 Å². The van der Waals surface area contributed by atoms with Gasteiger partial charge in [-0.1, -0.05) is 109 Å². The molecule has 0 saturated carbocycles. The van der Waals surface area contributed by atoms with Crippen LogP contribution in [0.1, 0.15) is 0 Å². The Morgan fingerprint density at radius 2 is 0.923 bits per heavy atom. The van der Waals surface area contributed by atoms with Gasteiger partial charge < -0.3 is 14.2 Å². The first-order valence-corrected chi connectivity index (χ1v) is 18.3. The van der Waals surface area contributed by atoms with Crippen LogP contribution in [0.5, 0.6) is 0 Å². The van der Waals surface area contributed by atoms with E-state index in [1.54, 1.807) is 0 Å². The summed E-state index contributed by atoms with van der Waals surface area (Å²) in [6.07, 6.45) is 0. The van der Waals surface area contributed by atoms with Crippen LogP contribution >= 0.6 is 11.3 Å². The Balaban J connectivity index is 1.15. The van der Waals surface area contributed by atoms with Crippen molar-refractivity contribution in [2.45, 2.75) is 0 Å². The number of fused-ring (bicyclic) bond motifs is 6. The zero-order chi connectivity index (χ0) is 34.4. The maximum Gasteiger partial charge on any atom is 0.135 e. The summed E-state index contributed by atoms with van der Waals surface area (Å²) in [4.78, 5) is 4.73. The van der Waals surface area contributed by atoms with E-state index < -0.39 is 0 Å². The number of furan rings is 1. The first-order valence-electron chi connectivity index (χ1n) is 17.5. The molecular weight excluding hydrogens is 653 g/mol. The van der Waals surface area contributed by atoms with E-state index in [0.29, 0.717) is 0 Å². The molecule has 0 N–H and O–H groups in total. The molecule has 0 aliphatic heterocycles. The second-order valence-electron chi connectivity index (χ2n) is 13.0. The molecule has 10 aromatic rings. The van der Waals surface area contributed by atoms with E-state index in [9.17, 15) is 0 Å². The Morgan fingerprint density at radius 3 is 1.67 bits per heavy atom. The van der Waals surface area contributed by atoms with Gasteiger partial charge in [0.1, 0.15) is 11.2 Å². The molecule has 8 aromatic carbocycles. The van der Waals surface area contributed by atoms with Crippen molar-refractivity contribution in [2.75, 3.05) is 9.80 Å². The summed E-state index contributed by atoms with van der Waals surface area (Å²) >= 11 is 1.84. The van der Waals surface area contributed by atoms with Crippen molar-refractivity contribution < 1.29 is 4.42 Å². The van der Waals surface area contributed by atoms with Gasteiger partial charge in [-0.3, -0.25) is 0 Å². The van der Waals surface area contributed by atoms with Crippen molar-refractivity contribution >= 4 is 87.6 Å². The van der Waals surface area contributed by atoms with Crippen LogP contribution in [0.25, 0.3) is 53.2 Å². The summed E-state index contributed by atoms with van der Waals surface area (Å²) in [5.74, 6) is 0. The third kappa shape index (κ3) is 5.20. The predicted octanol–water partition coefficient (Wildman–Crippen LogP) is 14.6. The van der Waals surface area contributed by atoms with E-state index >= 15 is 0 Å². The minimum Gasteiger partial charge on any atom is -0.456 e. The van der Waals surface area contributed by atoms with Crippen LogP contribution in [-0.2, 0) is 0 Å². The highest BCUT2D eigenvalue weighted by molar-refractivity contribution is 7.26. The molecule has 10 rings (SSSR count). The lowest BCUT2D eigenvalue weighted by molar-refractivity contribution is 0.669. The highest BCUT2D eigenvalue weighted by Crippen LogP contribution is 2.47. The molecule has 0 radical (unpaired) electrons. The van der Waals surface area contributed by atoms with E-state index in [4.69, 9.17) is 4.42 Å². The summed E-state index contributed by atoms with van der Waals surface area (Å²) < 4.78 is 8.72.